The Hall–Kier alpha value is -2.12. The average molecular weight is 332 g/mol. The highest BCUT2D eigenvalue weighted by molar-refractivity contribution is 5.80. The molecule has 4 rings (SSSR count). The Bertz CT molecular complexity index is 832. The van der Waals surface area contributed by atoms with Crippen molar-refractivity contribution < 1.29 is 18.7 Å². The molecular weight excluding hydrogens is 312 g/mol. The van der Waals surface area contributed by atoms with Crippen LogP contribution in [0.15, 0.2) is 33.5 Å². The lowest BCUT2D eigenvalue weighted by Crippen LogP contribution is -2.66. The van der Waals surface area contributed by atoms with E-state index in [0.717, 1.165) is 0 Å². The number of hydrogen-bond donors (Lipinski definition) is 0. The quantitative estimate of drug-likeness (QED) is 0.826. The molecule has 2 saturated heterocycles. The predicted octanol–water partition coefficient (Wildman–Crippen LogP) is 1.21. The number of amides is 1. The Balaban J connectivity index is 1.43. The highest BCUT2D eigenvalue weighted by atomic mass is 16.7. The smallest absolute Gasteiger partial charge is 0.408 e. The van der Waals surface area contributed by atoms with Crippen molar-refractivity contribution >= 4 is 17.0 Å². The normalized spacial score (nSPS) is 21.8. The third-order valence-corrected chi connectivity index (χ3v) is 4.72. The maximum atomic E-state index is 12.5. The zero-order valence-corrected chi connectivity index (χ0v) is 13.8. The Morgan fingerprint density at radius 2 is 1.83 bits per heavy atom. The number of hydrogen-bond acceptors (Lipinski definition) is 5. The summed E-state index contributed by atoms with van der Waals surface area (Å²) < 4.78 is 17.9. The topological polar surface area (TPSA) is 73.9 Å². The summed E-state index contributed by atoms with van der Waals surface area (Å²) in [6.07, 6.45) is 0. The molecule has 1 spiro atoms. The van der Waals surface area contributed by atoms with Crippen molar-refractivity contribution in [3.05, 3.63) is 34.8 Å². The van der Waals surface area contributed by atoms with E-state index in [1.165, 1.54) is 4.57 Å². The van der Waals surface area contributed by atoms with Crippen LogP contribution in [0.2, 0.25) is 0 Å². The summed E-state index contributed by atoms with van der Waals surface area (Å²) in [5.41, 5.74) is 1.01. The van der Waals surface area contributed by atoms with Crippen LogP contribution in [-0.4, -0.2) is 47.5 Å². The van der Waals surface area contributed by atoms with Crippen LogP contribution in [0.25, 0.3) is 11.1 Å². The van der Waals surface area contributed by atoms with Crippen molar-refractivity contribution in [2.45, 2.75) is 26.2 Å². The number of aromatic nitrogens is 1. The lowest BCUT2D eigenvalue weighted by Gasteiger charge is -2.54. The van der Waals surface area contributed by atoms with Gasteiger partial charge in [0, 0.05) is 13.1 Å². The van der Waals surface area contributed by atoms with Crippen molar-refractivity contribution in [3.63, 3.8) is 0 Å². The molecule has 0 saturated carbocycles. The van der Waals surface area contributed by atoms with E-state index in [1.54, 1.807) is 23.1 Å². The first-order chi connectivity index (χ1) is 11.4. The number of fused-ring (bicyclic) bond motifs is 1. The number of carbonyl (C=O) groups excluding carboxylic acids is 1. The molecule has 1 aromatic heterocycles. The lowest BCUT2D eigenvalue weighted by molar-refractivity contribution is -0.303. The minimum Gasteiger partial charge on any atom is -0.408 e. The van der Waals surface area contributed by atoms with E-state index >= 15 is 0 Å². The van der Waals surface area contributed by atoms with Crippen molar-refractivity contribution in [1.29, 1.82) is 0 Å². The Kier molecular flexibility index (Phi) is 3.33. The van der Waals surface area contributed by atoms with Gasteiger partial charge in [-0.05, 0) is 26.0 Å². The molecule has 7 nitrogen and oxygen atoms in total. The van der Waals surface area contributed by atoms with E-state index in [1.807, 2.05) is 19.9 Å². The number of likely N-dealkylation sites (tertiary alicyclic amines) is 1. The van der Waals surface area contributed by atoms with Gasteiger partial charge < -0.3 is 18.8 Å². The van der Waals surface area contributed by atoms with Gasteiger partial charge in [-0.25, -0.2) is 4.79 Å². The fraction of sp³-hybridized carbons (Fsp3) is 0.529. The summed E-state index contributed by atoms with van der Waals surface area (Å²) in [6.45, 7) is 6.10. The first-order valence-electron chi connectivity index (χ1n) is 8.02. The number of rotatable bonds is 2. The second-order valence-electron chi connectivity index (χ2n) is 7.15. The largest absolute Gasteiger partial charge is 0.420 e. The van der Waals surface area contributed by atoms with E-state index in [-0.39, 0.29) is 17.9 Å². The molecule has 1 aromatic carbocycles. The van der Waals surface area contributed by atoms with Crippen LogP contribution in [0.3, 0.4) is 0 Å². The van der Waals surface area contributed by atoms with Gasteiger partial charge in [-0.15, -0.1) is 0 Å². The van der Waals surface area contributed by atoms with E-state index in [4.69, 9.17) is 13.9 Å². The van der Waals surface area contributed by atoms with Crippen LogP contribution in [0.1, 0.15) is 13.8 Å². The Labute approximate surface area is 138 Å². The molecule has 1 amide bonds. The molecule has 0 aliphatic carbocycles. The molecule has 2 aliphatic heterocycles. The van der Waals surface area contributed by atoms with Gasteiger partial charge in [0.05, 0.1) is 24.1 Å². The van der Waals surface area contributed by atoms with Gasteiger partial charge in [-0.3, -0.25) is 9.36 Å². The highest BCUT2D eigenvalue weighted by Gasteiger charge is 2.50. The van der Waals surface area contributed by atoms with Gasteiger partial charge in [0.2, 0.25) is 5.91 Å². The SMILES string of the molecule is CC1(C)OCC2(CO1)CN(C(=O)Cn1c(=O)oc3ccccc31)C2. The summed E-state index contributed by atoms with van der Waals surface area (Å²) in [5, 5.41) is 0. The maximum absolute atomic E-state index is 12.5. The fourth-order valence-electron chi connectivity index (χ4n) is 3.26. The molecule has 0 radical (unpaired) electrons. The van der Waals surface area contributed by atoms with E-state index in [0.29, 0.717) is 37.4 Å². The number of oxazole rings is 1. The first kappa shape index (κ1) is 15.4. The van der Waals surface area contributed by atoms with Crippen molar-refractivity contribution in [3.8, 4) is 0 Å². The van der Waals surface area contributed by atoms with Crippen LogP contribution in [0, 0.1) is 5.41 Å². The van der Waals surface area contributed by atoms with Crippen LogP contribution < -0.4 is 5.76 Å². The molecule has 0 unspecified atom stereocenters. The molecule has 0 atom stereocenters. The minimum atomic E-state index is -0.557. The number of nitrogens with zero attached hydrogens (tertiary/aromatic N) is 2. The molecule has 2 aromatic rings. The summed E-state index contributed by atoms with van der Waals surface area (Å²) in [4.78, 5) is 26.2. The third kappa shape index (κ3) is 2.53. The molecule has 7 heteroatoms. The molecule has 2 fully saturated rings. The Morgan fingerprint density at radius 3 is 2.54 bits per heavy atom. The second kappa shape index (κ2) is 5.19. The number of para-hydroxylation sites is 2. The average Bonchev–Trinajstić information content (AvgIpc) is 2.81. The summed E-state index contributed by atoms with van der Waals surface area (Å²) in [5.74, 6) is -1.16. The first-order valence-corrected chi connectivity index (χ1v) is 8.02. The van der Waals surface area contributed by atoms with Crippen LogP contribution in [0.4, 0.5) is 0 Å². The van der Waals surface area contributed by atoms with Gasteiger partial charge in [0.1, 0.15) is 6.54 Å². The summed E-state index contributed by atoms with van der Waals surface area (Å²) >= 11 is 0. The predicted molar refractivity (Wildman–Crippen MR) is 85.5 cm³/mol. The van der Waals surface area contributed by atoms with Crippen molar-refractivity contribution in [2.75, 3.05) is 26.3 Å². The van der Waals surface area contributed by atoms with Crippen LogP contribution in [0.5, 0.6) is 0 Å². The molecule has 0 N–H and O–H groups in total. The van der Waals surface area contributed by atoms with Gasteiger partial charge in [-0.2, -0.15) is 0 Å². The maximum Gasteiger partial charge on any atom is 0.420 e. The molecule has 24 heavy (non-hydrogen) atoms. The van der Waals surface area contributed by atoms with E-state index in [2.05, 4.69) is 0 Å². The second-order valence-corrected chi connectivity index (χ2v) is 7.15. The number of ether oxygens (including phenoxy) is 2. The number of carbonyl (C=O) groups is 1. The van der Waals surface area contributed by atoms with E-state index in [9.17, 15) is 9.59 Å². The van der Waals surface area contributed by atoms with Crippen LogP contribution >= 0.6 is 0 Å². The van der Waals surface area contributed by atoms with Gasteiger partial charge in [-0.1, -0.05) is 12.1 Å². The summed E-state index contributed by atoms with van der Waals surface area (Å²) in [7, 11) is 0. The molecule has 2 aliphatic rings. The van der Waals surface area contributed by atoms with Crippen molar-refractivity contribution in [2.24, 2.45) is 5.41 Å². The summed E-state index contributed by atoms with van der Waals surface area (Å²) in [6, 6.07) is 7.10. The zero-order chi connectivity index (χ0) is 16.9. The van der Waals surface area contributed by atoms with Crippen LogP contribution in [-0.2, 0) is 20.8 Å². The van der Waals surface area contributed by atoms with Gasteiger partial charge in [0.15, 0.2) is 11.4 Å². The molecule has 0 bridgehead atoms. The number of benzene rings is 1. The monoisotopic (exact) mass is 332 g/mol. The Morgan fingerprint density at radius 1 is 1.17 bits per heavy atom. The third-order valence-electron chi connectivity index (χ3n) is 4.72. The molecular formula is C17H20N2O5. The zero-order valence-electron chi connectivity index (χ0n) is 13.8. The minimum absolute atomic E-state index is 0.0147. The standard InChI is InChI=1S/C17H20N2O5/c1-16(2)22-10-17(11-23-16)8-18(9-17)14(20)7-19-12-5-3-4-6-13(12)24-15(19)21/h3-6H,7-11H2,1-2H3. The molecule has 128 valence electrons. The van der Waals surface area contributed by atoms with Gasteiger partial charge in [0.25, 0.3) is 0 Å². The van der Waals surface area contributed by atoms with Crippen molar-refractivity contribution in [1.82, 2.24) is 9.47 Å². The van der Waals surface area contributed by atoms with E-state index < -0.39 is 11.5 Å². The highest BCUT2D eigenvalue weighted by Crippen LogP contribution is 2.37. The molecule has 3 heterocycles. The lowest BCUT2D eigenvalue weighted by atomic mass is 9.80. The van der Waals surface area contributed by atoms with Gasteiger partial charge >= 0.3 is 5.76 Å². The fourth-order valence-corrected chi connectivity index (χ4v) is 3.26.